The van der Waals surface area contributed by atoms with Gasteiger partial charge in [-0.25, -0.2) is 14.0 Å². The summed E-state index contributed by atoms with van der Waals surface area (Å²) in [6.07, 6.45) is 0.720. The highest BCUT2D eigenvalue weighted by Crippen LogP contribution is 2.39. The van der Waals surface area contributed by atoms with Gasteiger partial charge in [0.25, 0.3) is 0 Å². The lowest BCUT2D eigenvalue weighted by atomic mass is 10.0. The molecule has 0 saturated carbocycles. The molecule has 0 amide bonds. The van der Waals surface area contributed by atoms with Crippen molar-refractivity contribution in [3.8, 4) is 10.4 Å². The van der Waals surface area contributed by atoms with Gasteiger partial charge in [0.15, 0.2) is 0 Å². The normalized spacial score (nSPS) is 15.3. The summed E-state index contributed by atoms with van der Waals surface area (Å²) in [7, 11) is 0. The highest BCUT2D eigenvalue weighted by atomic mass is 32.1. The summed E-state index contributed by atoms with van der Waals surface area (Å²) in [6.45, 7) is 8.37. The molecule has 7 heteroatoms. The SMILES string of the molecule is [C-]#[N+]c1cc(-c2ccc(C(=O)O)s2)cc(F)c1N1CCC(O)CC1. The third kappa shape index (κ3) is 3.11. The predicted octanol–water partition coefficient (Wildman–Crippen LogP) is 3.76. The van der Waals surface area contributed by atoms with Crippen molar-refractivity contribution in [1.29, 1.82) is 0 Å². The molecule has 1 aliphatic heterocycles. The largest absolute Gasteiger partial charge is 0.477 e. The summed E-state index contributed by atoms with van der Waals surface area (Å²) < 4.78 is 14.7. The molecule has 24 heavy (non-hydrogen) atoms. The zero-order valence-electron chi connectivity index (χ0n) is 12.7. The Morgan fingerprint density at radius 3 is 2.62 bits per heavy atom. The number of rotatable bonds is 3. The number of nitrogens with zero attached hydrogens (tertiary/aromatic N) is 2. The molecule has 0 bridgehead atoms. The van der Waals surface area contributed by atoms with Crippen molar-refractivity contribution in [2.45, 2.75) is 18.9 Å². The summed E-state index contributed by atoms with van der Waals surface area (Å²) in [4.78, 5) is 17.0. The zero-order valence-corrected chi connectivity index (χ0v) is 13.5. The minimum absolute atomic E-state index is 0.170. The number of carboxylic acids is 1. The Labute approximate surface area is 142 Å². The molecule has 0 spiro atoms. The molecule has 2 aromatic rings. The highest BCUT2D eigenvalue weighted by Gasteiger charge is 2.23. The van der Waals surface area contributed by atoms with Crippen LogP contribution in [0.2, 0.25) is 0 Å². The lowest BCUT2D eigenvalue weighted by Gasteiger charge is -2.32. The molecule has 1 aromatic carbocycles. The zero-order chi connectivity index (χ0) is 17.3. The highest BCUT2D eigenvalue weighted by molar-refractivity contribution is 7.17. The van der Waals surface area contributed by atoms with Crippen LogP contribution in [0.25, 0.3) is 15.3 Å². The van der Waals surface area contributed by atoms with E-state index in [4.69, 9.17) is 11.7 Å². The maximum absolute atomic E-state index is 14.7. The number of carbonyl (C=O) groups is 1. The van der Waals surface area contributed by atoms with Crippen LogP contribution in [0, 0.1) is 12.4 Å². The van der Waals surface area contributed by atoms with Crippen molar-refractivity contribution < 1.29 is 19.4 Å². The van der Waals surface area contributed by atoms with E-state index >= 15 is 0 Å². The molecule has 2 N–H and O–H groups in total. The Hall–Kier alpha value is -2.43. The van der Waals surface area contributed by atoms with Gasteiger partial charge >= 0.3 is 5.97 Å². The molecule has 1 aliphatic rings. The maximum Gasteiger partial charge on any atom is 0.345 e. The first-order chi connectivity index (χ1) is 11.5. The minimum atomic E-state index is -1.03. The third-order valence-corrected chi connectivity index (χ3v) is 5.17. The Kier molecular flexibility index (Phi) is 4.51. The number of halogens is 1. The number of hydrogen-bond acceptors (Lipinski definition) is 4. The molecule has 2 heterocycles. The standard InChI is InChI=1S/C17H15FN2O3S/c1-19-13-9-10(14-2-3-15(24-14)17(22)23)8-12(18)16(13)20-6-4-11(21)5-7-20/h2-3,8-9,11,21H,4-7H2,(H,22,23). The molecular weight excluding hydrogens is 331 g/mol. The van der Waals surface area contributed by atoms with Gasteiger partial charge in [-0.1, -0.05) is 0 Å². The van der Waals surface area contributed by atoms with Gasteiger partial charge < -0.3 is 15.1 Å². The summed E-state index contributed by atoms with van der Waals surface area (Å²) >= 11 is 1.05. The molecule has 1 aromatic heterocycles. The van der Waals surface area contributed by atoms with Crippen LogP contribution in [0.5, 0.6) is 0 Å². The van der Waals surface area contributed by atoms with Crippen molar-refractivity contribution >= 4 is 28.7 Å². The van der Waals surface area contributed by atoms with Gasteiger partial charge in [-0.15, -0.1) is 11.3 Å². The lowest BCUT2D eigenvalue weighted by Crippen LogP contribution is -2.36. The van der Waals surface area contributed by atoms with Gasteiger partial charge in [0.2, 0.25) is 5.69 Å². The molecule has 0 unspecified atom stereocenters. The maximum atomic E-state index is 14.7. The molecule has 5 nitrogen and oxygen atoms in total. The first kappa shape index (κ1) is 16.4. The van der Waals surface area contributed by atoms with E-state index in [1.165, 1.54) is 12.1 Å². The van der Waals surface area contributed by atoms with Crippen molar-refractivity contribution in [2.75, 3.05) is 18.0 Å². The molecule has 0 atom stereocenters. The molecule has 1 saturated heterocycles. The molecular formula is C17H15FN2O3S. The van der Waals surface area contributed by atoms with E-state index in [-0.39, 0.29) is 22.4 Å². The monoisotopic (exact) mass is 346 g/mol. The number of aliphatic hydroxyl groups is 1. The average molecular weight is 346 g/mol. The smallest absolute Gasteiger partial charge is 0.345 e. The summed E-state index contributed by atoms with van der Waals surface area (Å²) in [6, 6.07) is 6.02. The average Bonchev–Trinajstić information content (AvgIpc) is 3.05. The summed E-state index contributed by atoms with van der Waals surface area (Å²) in [5.74, 6) is -1.53. The van der Waals surface area contributed by atoms with E-state index in [1.54, 1.807) is 17.0 Å². The van der Waals surface area contributed by atoms with Crippen LogP contribution >= 0.6 is 11.3 Å². The van der Waals surface area contributed by atoms with E-state index in [9.17, 15) is 14.3 Å². The fourth-order valence-corrected chi connectivity index (χ4v) is 3.65. The Morgan fingerprint density at radius 1 is 1.33 bits per heavy atom. The third-order valence-electron chi connectivity index (χ3n) is 4.05. The van der Waals surface area contributed by atoms with E-state index in [0.717, 1.165) is 11.3 Å². The van der Waals surface area contributed by atoms with Gasteiger partial charge in [-0.05, 0) is 42.7 Å². The topological polar surface area (TPSA) is 65.1 Å². The number of anilines is 1. The quantitative estimate of drug-likeness (QED) is 0.831. The number of hydrogen-bond donors (Lipinski definition) is 2. The van der Waals surface area contributed by atoms with Crippen LogP contribution < -0.4 is 4.90 Å². The van der Waals surface area contributed by atoms with Crippen molar-refractivity contribution in [1.82, 2.24) is 0 Å². The molecule has 1 fully saturated rings. The van der Waals surface area contributed by atoms with Crippen molar-refractivity contribution in [3.05, 3.63) is 46.4 Å². The van der Waals surface area contributed by atoms with Crippen LogP contribution in [0.4, 0.5) is 15.8 Å². The molecule has 3 rings (SSSR count). The molecule has 124 valence electrons. The number of aromatic carboxylic acids is 1. The fraction of sp³-hybridized carbons (Fsp3) is 0.294. The number of thiophene rings is 1. The van der Waals surface area contributed by atoms with Crippen LogP contribution in [0.15, 0.2) is 24.3 Å². The van der Waals surface area contributed by atoms with Crippen LogP contribution in [-0.2, 0) is 0 Å². The van der Waals surface area contributed by atoms with E-state index < -0.39 is 11.8 Å². The van der Waals surface area contributed by atoms with Crippen LogP contribution in [0.1, 0.15) is 22.5 Å². The number of carboxylic acid groups (broad SMARTS) is 1. The first-order valence-electron chi connectivity index (χ1n) is 7.47. The van der Waals surface area contributed by atoms with E-state index in [2.05, 4.69) is 4.85 Å². The second-order valence-electron chi connectivity index (χ2n) is 5.62. The van der Waals surface area contributed by atoms with Crippen molar-refractivity contribution in [2.24, 2.45) is 0 Å². The second-order valence-corrected chi connectivity index (χ2v) is 6.71. The number of benzene rings is 1. The van der Waals surface area contributed by atoms with Gasteiger partial charge in [0.05, 0.1) is 18.4 Å². The Bertz CT molecular complexity index is 820. The Balaban J connectivity index is 1.98. The van der Waals surface area contributed by atoms with E-state index in [0.29, 0.717) is 36.4 Å². The van der Waals surface area contributed by atoms with Crippen LogP contribution in [0.3, 0.4) is 0 Å². The van der Waals surface area contributed by atoms with Gasteiger partial charge in [0, 0.05) is 18.0 Å². The van der Waals surface area contributed by atoms with Gasteiger partial charge in [-0.2, -0.15) is 0 Å². The van der Waals surface area contributed by atoms with Gasteiger partial charge in [-0.3, -0.25) is 0 Å². The summed E-state index contributed by atoms with van der Waals surface area (Å²) in [5, 5.41) is 18.6. The Morgan fingerprint density at radius 2 is 2.04 bits per heavy atom. The molecule has 0 aliphatic carbocycles. The first-order valence-corrected chi connectivity index (χ1v) is 8.28. The van der Waals surface area contributed by atoms with E-state index in [1.807, 2.05) is 0 Å². The number of aliphatic hydroxyl groups excluding tert-OH is 1. The molecule has 0 radical (unpaired) electrons. The summed E-state index contributed by atoms with van der Waals surface area (Å²) in [5.41, 5.74) is 0.958. The second kappa shape index (κ2) is 6.59. The lowest BCUT2D eigenvalue weighted by molar-refractivity contribution is 0.0702. The van der Waals surface area contributed by atoms with Crippen LogP contribution in [-0.4, -0.2) is 35.4 Å². The fourth-order valence-electron chi connectivity index (χ4n) is 2.82. The van der Waals surface area contributed by atoms with Crippen molar-refractivity contribution in [3.63, 3.8) is 0 Å². The minimum Gasteiger partial charge on any atom is -0.477 e. The number of piperidine rings is 1. The van der Waals surface area contributed by atoms with Gasteiger partial charge in [0.1, 0.15) is 10.7 Å². The predicted molar refractivity (Wildman–Crippen MR) is 90.4 cm³/mol.